The van der Waals surface area contributed by atoms with Crippen LogP contribution in [0.2, 0.25) is 0 Å². The number of aromatic hydroxyl groups is 8. The Hall–Kier alpha value is -7.58. The van der Waals surface area contributed by atoms with E-state index in [1.807, 2.05) is 78.9 Å². The molecule has 0 amide bonds. The first-order chi connectivity index (χ1) is 34.3. The summed E-state index contributed by atoms with van der Waals surface area (Å²) in [6, 6.07) is 36.0. The highest BCUT2D eigenvalue weighted by Gasteiger charge is 2.36. The number of fused-ring (bicyclic) bond motifs is 8. The lowest BCUT2D eigenvalue weighted by molar-refractivity contribution is 0.431. The van der Waals surface area contributed by atoms with Gasteiger partial charge >= 0.3 is 0 Å². The Morgan fingerprint density at radius 1 is 0.292 bits per heavy atom. The van der Waals surface area contributed by atoms with Crippen LogP contribution in [0, 0.1) is 5.92 Å². The minimum absolute atomic E-state index is 0.206. The first-order valence-electron chi connectivity index (χ1n) is 25.2. The van der Waals surface area contributed by atoms with Crippen molar-refractivity contribution in [2.45, 2.75) is 110 Å². The van der Waals surface area contributed by atoms with E-state index in [2.05, 4.69) is 61.5 Å². The normalized spacial score (nSPS) is 17.9. The molecule has 8 heteroatoms. The molecule has 9 rings (SSSR count). The van der Waals surface area contributed by atoms with Gasteiger partial charge in [-0.25, -0.2) is 0 Å². The predicted molar refractivity (Wildman–Crippen MR) is 286 cm³/mol. The van der Waals surface area contributed by atoms with Gasteiger partial charge in [0.15, 0.2) is 0 Å². The van der Waals surface area contributed by atoms with Gasteiger partial charge in [-0.3, -0.25) is 0 Å². The van der Waals surface area contributed by atoms with Crippen LogP contribution in [0.5, 0.6) is 46.0 Å². The largest absolute Gasteiger partial charge is 0.507 e. The fourth-order valence-electron chi connectivity index (χ4n) is 11.1. The number of hydrogen-bond donors (Lipinski definition) is 8. The molecule has 0 spiro atoms. The van der Waals surface area contributed by atoms with Crippen LogP contribution >= 0.6 is 0 Å². The zero-order valence-electron chi connectivity index (χ0n) is 42.3. The molecule has 0 saturated heterocycles. The van der Waals surface area contributed by atoms with E-state index in [4.69, 9.17) is 0 Å². The van der Waals surface area contributed by atoms with Gasteiger partial charge in [-0.2, -0.15) is 0 Å². The number of benzene rings is 7. The summed E-state index contributed by atoms with van der Waals surface area (Å²) in [5, 5.41) is 97.8. The lowest BCUT2D eigenvalue weighted by Gasteiger charge is -2.31. The Labute approximate surface area is 423 Å². The van der Waals surface area contributed by atoms with E-state index in [-0.39, 0.29) is 69.7 Å². The maximum Gasteiger partial charge on any atom is 0.123 e. The third-order valence-electron chi connectivity index (χ3n) is 15.3. The van der Waals surface area contributed by atoms with Gasteiger partial charge in [0, 0.05) is 92.4 Å². The van der Waals surface area contributed by atoms with E-state index >= 15 is 0 Å². The van der Waals surface area contributed by atoms with Crippen molar-refractivity contribution in [1.29, 1.82) is 0 Å². The molecule has 0 aromatic heterocycles. The van der Waals surface area contributed by atoms with E-state index in [9.17, 15) is 40.9 Å². The molecule has 0 radical (unpaired) electrons. The van der Waals surface area contributed by atoms with Crippen LogP contribution < -0.4 is 0 Å². The van der Waals surface area contributed by atoms with Gasteiger partial charge in [0.05, 0.1) is 0 Å². The van der Waals surface area contributed by atoms with Crippen molar-refractivity contribution >= 4 is 0 Å². The zero-order chi connectivity index (χ0) is 51.4. The SMILES string of the molecule is CC(C)C1=CC=C(C2c3cc(c(O)cc3O)C(c3ccc(C(C)C)cc3)c3cc(c(O)cc3O)C(c3ccc(C(C)C)cc3)c3cc(c(O)cc3O)C(c3ccc(C(C)C)cc3)c3cc2c(O)cc3O)CC1. The Kier molecular flexibility index (Phi) is 13.4. The number of rotatable bonds is 8. The van der Waals surface area contributed by atoms with Gasteiger partial charge in [-0.05, 0) is 94.2 Å². The molecule has 2 aliphatic rings. The molecule has 8 nitrogen and oxygen atoms in total. The van der Waals surface area contributed by atoms with E-state index in [1.54, 1.807) is 24.3 Å². The average Bonchev–Trinajstić information content (AvgIpc) is 3.34. The summed E-state index contributed by atoms with van der Waals surface area (Å²) < 4.78 is 0. The second-order valence-electron chi connectivity index (χ2n) is 21.2. The lowest BCUT2D eigenvalue weighted by atomic mass is 9.73. The topological polar surface area (TPSA) is 162 Å². The summed E-state index contributed by atoms with van der Waals surface area (Å²) in [5.41, 5.74) is 10.2. The van der Waals surface area contributed by atoms with Crippen molar-refractivity contribution in [3.63, 3.8) is 0 Å². The molecule has 370 valence electrons. The van der Waals surface area contributed by atoms with Gasteiger partial charge in [0.1, 0.15) is 46.0 Å². The third-order valence-corrected chi connectivity index (χ3v) is 15.3. The third kappa shape index (κ3) is 9.15. The quantitative estimate of drug-likeness (QED) is 0.0747. The number of hydrogen-bond acceptors (Lipinski definition) is 8. The minimum Gasteiger partial charge on any atom is -0.507 e. The Morgan fingerprint density at radius 2 is 0.542 bits per heavy atom. The number of allylic oxidation sites excluding steroid dienone is 4. The van der Waals surface area contributed by atoms with Crippen LogP contribution in [0.15, 0.2) is 145 Å². The smallest absolute Gasteiger partial charge is 0.123 e. The van der Waals surface area contributed by atoms with Crippen molar-refractivity contribution in [2.75, 3.05) is 0 Å². The maximum absolute atomic E-state index is 12.2. The molecule has 8 bridgehead atoms. The van der Waals surface area contributed by atoms with Crippen LogP contribution in [0.25, 0.3) is 0 Å². The molecule has 0 heterocycles. The molecular weight excluding hydrogens is 897 g/mol. The molecule has 0 saturated carbocycles. The zero-order valence-corrected chi connectivity index (χ0v) is 42.3. The highest BCUT2D eigenvalue weighted by molar-refractivity contribution is 5.67. The predicted octanol–water partition coefficient (Wildman–Crippen LogP) is 15.0. The Bertz CT molecular complexity index is 3060. The lowest BCUT2D eigenvalue weighted by Crippen LogP contribution is -2.14. The van der Waals surface area contributed by atoms with Crippen LogP contribution in [-0.4, -0.2) is 40.9 Å². The fraction of sp³-hybridized carbons (Fsp3) is 0.281. The first-order valence-corrected chi connectivity index (χ1v) is 25.2. The van der Waals surface area contributed by atoms with Crippen molar-refractivity contribution < 1.29 is 40.9 Å². The van der Waals surface area contributed by atoms with E-state index in [1.165, 1.54) is 29.8 Å². The van der Waals surface area contributed by atoms with Crippen LogP contribution in [0.3, 0.4) is 0 Å². The molecule has 72 heavy (non-hydrogen) atoms. The summed E-state index contributed by atoms with van der Waals surface area (Å²) in [4.78, 5) is 0. The van der Waals surface area contributed by atoms with Crippen molar-refractivity contribution in [3.8, 4) is 46.0 Å². The van der Waals surface area contributed by atoms with Crippen molar-refractivity contribution in [1.82, 2.24) is 0 Å². The monoisotopic (exact) mass is 962 g/mol. The minimum atomic E-state index is -0.912. The highest BCUT2D eigenvalue weighted by Crippen LogP contribution is 2.54. The molecule has 7 aromatic carbocycles. The summed E-state index contributed by atoms with van der Waals surface area (Å²) in [5.74, 6) is -4.60. The van der Waals surface area contributed by atoms with Crippen molar-refractivity contribution in [2.24, 2.45) is 5.92 Å². The highest BCUT2D eigenvalue weighted by atomic mass is 16.3. The van der Waals surface area contributed by atoms with Crippen molar-refractivity contribution in [3.05, 3.63) is 223 Å². The Morgan fingerprint density at radius 3 is 0.750 bits per heavy atom. The molecule has 0 aliphatic heterocycles. The Balaban J connectivity index is 1.45. The van der Waals surface area contributed by atoms with Gasteiger partial charge in [-0.15, -0.1) is 0 Å². The summed E-state index contributed by atoms with van der Waals surface area (Å²) >= 11 is 0. The van der Waals surface area contributed by atoms with Gasteiger partial charge in [0.2, 0.25) is 0 Å². The molecule has 7 aromatic rings. The summed E-state index contributed by atoms with van der Waals surface area (Å²) in [6.07, 6.45) is 5.43. The second-order valence-corrected chi connectivity index (χ2v) is 21.2. The van der Waals surface area contributed by atoms with Gasteiger partial charge in [-0.1, -0.05) is 151 Å². The van der Waals surface area contributed by atoms with E-state index in [0.29, 0.717) is 67.6 Å². The van der Waals surface area contributed by atoms with Crippen LogP contribution in [0.1, 0.15) is 188 Å². The van der Waals surface area contributed by atoms with Crippen LogP contribution in [-0.2, 0) is 0 Å². The average molecular weight is 963 g/mol. The van der Waals surface area contributed by atoms with Gasteiger partial charge in [0.25, 0.3) is 0 Å². The van der Waals surface area contributed by atoms with Gasteiger partial charge < -0.3 is 40.9 Å². The van der Waals surface area contributed by atoms with Crippen LogP contribution in [0.4, 0.5) is 0 Å². The molecule has 2 atom stereocenters. The summed E-state index contributed by atoms with van der Waals surface area (Å²) in [7, 11) is 0. The fourth-order valence-corrected chi connectivity index (χ4v) is 11.1. The second kappa shape index (κ2) is 19.6. The number of phenolic OH excluding ortho intramolecular Hbond substituents is 8. The molecule has 0 fully saturated rings. The number of phenols is 8. The molecule has 2 unspecified atom stereocenters. The molecular formula is C64H66O8. The summed E-state index contributed by atoms with van der Waals surface area (Å²) in [6.45, 7) is 16.9. The molecule has 2 aliphatic carbocycles. The van der Waals surface area contributed by atoms with E-state index < -0.39 is 23.7 Å². The standard InChI is InChI=1S/C64H66O8/c1-33(2)37-9-17-41(18-10-37)61-45-25-47(55(67)29-53(45)65)62(42-19-11-38(12-20-42)34(3)4)49-27-51(59(71)31-57(49)69)64(44-23-15-40(16-24-44)36(7)8)52-28-50(58(70)32-60(52)72)63(43-21-13-39(14-22-43)35(5)6)48-26-46(61)54(66)30-56(48)68/h9-15,17-23,25-36,61-72H,16,24H2,1-8H3. The maximum atomic E-state index is 12.2. The molecule has 8 N–H and O–H groups in total. The first kappa shape index (κ1) is 49.4. The van der Waals surface area contributed by atoms with E-state index in [0.717, 1.165) is 28.7 Å².